The molecule has 21 heavy (non-hydrogen) atoms. The molecule has 0 N–H and O–H groups in total. The van der Waals surface area contributed by atoms with Crippen LogP contribution in [0.2, 0.25) is 0 Å². The number of nitrogens with zero attached hydrogens (tertiary/aromatic N) is 4. The molecule has 0 unspecified atom stereocenters. The number of alkyl halides is 1. The van der Waals surface area contributed by atoms with Crippen LogP contribution in [0.5, 0.6) is 0 Å². The van der Waals surface area contributed by atoms with Crippen LogP contribution >= 0.6 is 27.5 Å². The Bertz CT molecular complexity index is 819. The number of hydrogen-bond donors (Lipinski definition) is 0. The Balaban J connectivity index is 2.42. The van der Waals surface area contributed by atoms with E-state index in [0.717, 1.165) is 39.4 Å². The van der Waals surface area contributed by atoms with E-state index in [4.69, 9.17) is 11.6 Å². The molecule has 0 atom stereocenters. The van der Waals surface area contributed by atoms with Crippen LogP contribution in [0.15, 0.2) is 22.7 Å². The number of benzene rings is 1. The van der Waals surface area contributed by atoms with Crippen LogP contribution in [-0.4, -0.2) is 19.3 Å². The van der Waals surface area contributed by atoms with Gasteiger partial charge in [0, 0.05) is 11.0 Å². The minimum atomic E-state index is 0.359. The smallest absolute Gasteiger partial charge is 0.163 e. The molecule has 1 aromatic carbocycles. The number of hydrogen-bond acceptors (Lipinski definition) is 2. The highest BCUT2D eigenvalue weighted by Crippen LogP contribution is 2.30. The van der Waals surface area contributed by atoms with Gasteiger partial charge in [-0.3, -0.25) is 4.57 Å². The molecular formula is C15H16BrClN4. The minimum absolute atomic E-state index is 0.359. The summed E-state index contributed by atoms with van der Waals surface area (Å²) in [6, 6.07) is 6.25. The van der Waals surface area contributed by atoms with Gasteiger partial charge in [-0.1, -0.05) is 6.07 Å². The predicted octanol–water partition coefficient (Wildman–Crippen LogP) is 4.36. The maximum Gasteiger partial charge on any atom is 0.163 e. The zero-order valence-corrected chi connectivity index (χ0v) is 14.5. The fourth-order valence-electron chi connectivity index (χ4n) is 2.57. The molecule has 2 aromatic heterocycles. The first kappa shape index (κ1) is 14.6. The molecule has 3 aromatic rings. The van der Waals surface area contributed by atoms with Crippen molar-refractivity contribution in [1.82, 2.24) is 19.3 Å². The Morgan fingerprint density at radius 3 is 2.71 bits per heavy atom. The molecule has 0 bridgehead atoms. The molecule has 0 amide bonds. The van der Waals surface area contributed by atoms with E-state index in [1.165, 1.54) is 5.56 Å². The second kappa shape index (κ2) is 5.46. The number of halogens is 2. The maximum atomic E-state index is 6.12. The summed E-state index contributed by atoms with van der Waals surface area (Å²) in [6.07, 6.45) is 0. The van der Waals surface area contributed by atoms with Gasteiger partial charge in [0.1, 0.15) is 11.3 Å². The highest BCUT2D eigenvalue weighted by Gasteiger charge is 2.20. The molecule has 0 saturated carbocycles. The van der Waals surface area contributed by atoms with Gasteiger partial charge in [0.25, 0.3) is 0 Å². The Labute approximate surface area is 136 Å². The van der Waals surface area contributed by atoms with Crippen molar-refractivity contribution >= 4 is 38.7 Å². The summed E-state index contributed by atoms with van der Waals surface area (Å²) in [5.41, 5.74) is 5.08. The van der Waals surface area contributed by atoms with Crippen LogP contribution in [-0.2, 0) is 12.4 Å². The van der Waals surface area contributed by atoms with Crippen molar-refractivity contribution in [3.63, 3.8) is 0 Å². The molecule has 3 rings (SSSR count). The molecule has 0 saturated heterocycles. The molecule has 6 heteroatoms. The van der Waals surface area contributed by atoms with E-state index in [1.807, 2.05) is 17.7 Å². The average Bonchev–Trinajstić information content (AvgIpc) is 2.99. The topological polar surface area (TPSA) is 35.6 Å². The summed E-state index contributed by atoms with van der Waals surface area (Å²) in [6.45, 7) is 6.93. The Kier molecular flexibility index (Phi) is 3.80. The largest absolute Gasteiger partial charge is 0.279 e. The molecule has 110 valence electrons. The minimum Gasteiger partial charge on any atom is -0.279 e. The highest BCUT2D eigenvalue weighted by atomic mass is 79.9. The summed E-state index contributed by atoms with van der Waals surface area (Å²) in [7, 11) is 0. The zero-order chi connectivity index (χ0) is 15.1. The van der Waals surface area contributed by atoms with E-state index >= 15 is 0 Å². The first-order valence-electron chi connectivity index (χ1n) is 6.84. The third-order valence-electron chi connectivity index (χ3n) is 3.54. The van der Waals surface area contributed by atoms with E-state index in [-0.39, 0.29) is 0 Å². The van der Waals surface area contributed by atoms with Crippen LogP contribution in [0, 0.1) is 13.8 Å². The normalized spacial score (nSPS) is 11.5. The van der Waals surface area contributed by atoms with E-state index in [1.54, 1.807) is 0 Å². The van der Waals surface area contributed by atoms with Gasteiger partial charge in [-0.05, 0) is 54.4 Å². The lowest BCUT2D eigenvalue weighted by atomic mass is 10.2. The highest BCUT2D eigenvalue weighted by molar-refractivity contribution is 9.10. The van der Waals surface area contributed by atoms with Crippen molar-refractivity contribution in [3.8, 4) is 5.69 Å². The fraction of sp³-hybridized carbons (Fsp3) is 0.333. The van der Waals surface area contributed by atoms with Gasteiger partial charge in [-0.25, -0.2) is 9.67 Å². The fourth-order valence-corrected chi connectivity index (χ4v) is 3.17. The second-order valence-electron chi connectivity index (χ2n) is 5.03. The van der Waals surface area contributed by atoms with Gasteiger partial charge in [0.2, 0.25) is 0 Å². The van der Waals surface area contributed by atoms with Crippen molar-refractivity contribution in [3.05, 3.63) is 39.8 Å². The zero-order valence-electron chi connectivity index (χ0n) is 12.2. The SMILES string of the molecule is CCn1nc(C)c2nc(CCl)n(-c3cc(C)ccc3Br)c21. The van der Waals surface area contributed by atoms with Crippen LogP contribution < -0.4 is 0 Å². The molecular weight excluding hydrogens is 352 g/mol. The summed E-state index contributed by atoms with van der Waals surface area (Å²) >= 11 is 9.75. The van der Waals surface area contributed by atoms with Crippen molar-refractivity contribution in [2.24, 2.45) is 0 Å². The van der Waals surface area contributed by atoms with E-state index in [9.17, 15) is 0 Å². The van der Waals surface area contributed by atoms with Crippen molar-refractivity contribution in [2.45, 2.75) is 33.2 Å². The second-order valence-corrected chi connectivity index (χ2v) is 6.15. The van der Waals surface area contributed by atoms with Crippen molar-refractivity contribution in [1.29, 1.82) is 0 Å². The third kappa shape index (κ3) is 2.28. The van der Waals surface area contributed by atoms with Gasteiger partial charge in [0.05, 0.1) is 17.3 Å². The first-order chi connectivity index (χ1) is 10.1. The Morgan fingerprint density at radius 2 is 2.05 bits per heavy atom. The number of aromatic nitrogens is 4. The lowest BCUT2D eigenvalue weighted by molar-refractivity contribution is 0.660. The van der Waals surface area contributed by atoms with Crippen LogP contribution in [0.25, 0.3) is 16.9 Å². The number of aryl methyl sites for hydroxylation is 3. The summed E-state index contributed by atoms with van der Waals surface area (Å²) in [4.78, 5) is 4.67. The summed E-state index contributed by atoms with van der Waals surface area (Å²) < 4.78 is 5.09. The van der Waals surface area contributed by atoms with Crippen molar-refractivity contribution in [2.75, 3.05) is 0 Å². The van der Waals surface area contributed by atoms with Gasteiger partial charge in [0.15, 0.2) is 5.65 Å². The van der Waals surface area contributed by atoms with Crippen LogP contribution in [0.4, 0.5) is 0 Å². The lowest BCUT2D eigenvalue weighted by Gasteiger charge is -2.12. The molecule has 0 fully saturated rings. The molecule has 0 aliphatic heterocycles. The summed E-state index contributed by atoms with van der Waals surface area (Å²) in [5.74, 6) is 1.19. The van der Waals surface area contributed by atoms with Gasteiger partial charge in [-0.2, -0.15) is 5.10 Å². The Hall–Kier alpha value is -1.33. The molecule has 0 aliphatic rings. The molecule has 2 heterocycles. The summed E-state index contributed by atoms with van der Waals surface area (Å²) in [5, 5.41) is 4.56. The number of imidazole rings is 1. The van der Waals surface area contributed by atoms with E-state index in [2.05, 4.69) is 56.6 Å². The van der Waals surface area contributed by atoms with Crippen LogP contribution in [0.3, 0.4) is 0 Å². The lowest BCUT2D eigenvalue weighted by Crippen LogP contribution is -2.07. The molecule has 0 radical (unpaired) electrons. The van der Waals surface area contributed by atoms with Gasteiger partial charge in [-0.15, -0.1) is 11.6 Å². The van der Waals surface area contributed by atoms with Crippen molar-refractivity contribution < 1.29 is 0 Å². The van der Waals surface area contributed by atoms with E-state index < -0.39 is 0 Å². The molecule has 0 spiro atoms. The maximum absolute atomic E-state index is 6.12. The molecule has 0 aliphatic carbocycles. The monoisotopic (exact) mass is 366 g/mol. The number of rotatable bonds is 3. The standard InChI is InChI=1S/C15H16BrClN4/c1-4-20-15-14(10(3)19-20)18-13(8-17)21(15)12-7-9(2)5-6-11(12)16/h5-7H,4,8H2,1-3H3. The predicted molar refractivity (Wildman–Crippen MR) is 89.3 cm³/mol. The van der Waals surface area contributed by atoms with Gasteiger partial charge >= 0.3 is 0 Å². The number of fused-ring (bicyclic) bond motifs is 1. The van der Waals surface area contributed by atoms with E-state index in [0.29, 0.717) is 5.88 Å². The molecule has 4 nitrogen and oxygen atoms in total. The third-order valence-corrected chi connectivity index (χ3v) is 4.45. The average molecular weight is 368 g/mol. The quantitative estimate of drug-likeness (QED) is 0.645. The van der Waals surface area contributed by atoms with Gasteiger partial charge < -0.3 is 0 Å². The first-order valence-corrected chi connectivity index (χ1v) is 8.16. The Morgan fingerprint density at radius 1 is 1.29 bits per heavy atom. The van der Waals surface area contributed by atoms with Crippen LogP contribution in [0.1, 0.15) is 24.0 Å².